The van der Waals surface area contributed by atoms with Crippen molar-refractivity contribution in [2.45, 2.75) is 40.2 Å². The molecule has 1 rings (SSSR count). The summed E-state index contributed by atoms with van der Waals surface area (Å²) in [6.45, 7) is 7.85. The van der Waals surface area contributed by atoms with Crippen LogP contribution >= 0.6 is 0 Å². The molecule has 100 valence electrons. The second-order valence-corrected chi connectivity index (χ2v) is 4.80. The van der Waals surface area contributed by atoms with Crippen molar-refractivity contribution in [2.75, 3.05) is 13.1 Å². The molecule has 0 aliphatic rings. The number of carbonyl (C=O) groups is 1. The van der Waals surface area contributed by atoms with Gasteiger partial charge in [0.05, 0.1) is 6.54 Å². The highest BCUT2D eigenvalue weighted by Gasteiger charge is 2.12. The lowest BCUT2D eigenvalue weighted by atomic mass is 10.1. The molecule has 0 heterocycles. The van der Waals surface area contributed by atoms with Crippen molar-refractivity contribution in [3.05, 3.63) is 34.9 Å². The van der Waals surface area contributed by atoms with Gasteiger partial charge in [0.2, 0.25) is 5.91 Å². The Bertz CT molecular complexity index is 401. The second kappa shape index (κ2) is 7.17. The molecule has 0 saturated heterocycles. The number of amides is 1. The quantitative estimate of drug-likeness (QED) is 0.840. The predicted molar refractivity (Wildman–Crippen MR) is 75.3 cm³/mol. The minimum Gasteiger partial charge on any atom is -0.337 e. The average Bonchev–Trinajstić information content (AvgIpc) is 2.36. The van der Waals surface area contributed by atoms with Gasteiger partial charge in [-0.2, -0.15) is 0 Å². The lowest BCUT2D eigenvalue weighted by Gasteiger charge is -2.23. The molecule has 0 aliphatic heterocycles. The van der Waals surface area contributed by atoms with Gasteiger partial charge in [0.1, 0.15) is 0 Å². The van der Waals surface area contributed by atoms with E-state index >= 15 is 0 Å². The molecule has 0 spiro atoms. The molecule has 18 heavy (non-hydrogen) atoms. The Hall–Kier alpha value is -1.35. The fourth-order valence-electron chi connectivity index (χ4n) is 2.00. The minimum atomic E-state index is 0.0309. The van der Waals surface area contributed by atoms with E-state index in [0.717, 1.165) is 19.4 Å². The van der Waals surface area contributed by atoms with Gasteiger partial charge >= 0.3 is 0 Å². The summed E-state index contributed by atoms with van der Waals surface area (Å²) < 4.78 is 0. The standard InChI is InChI=1S/C15H24N2O/c1-4-5-8-17(15(18)10-16)11-14-7-6-12(2)9-13(14)3/h6-7,9H,4-5,8,10-11,16H2,1-3H3. The monoisotopic (exact) mass is 248 g/mol. The van der Waals surface area contributed by atoms with Crippen LogP contribution in [0.5, 0.6) is 0 Å². The van der Waals surface area contributed by atoms with Crippen LogP contribution in [-0.4, -0.2) is 23.9 Å². The Morgan fingerprint density at radius 3 is 2.61 bits per heavy atom. The number of unbranched alkanes of at least 4 members (excludes halogenated alkanes) is 1. The second-order valence-electron chi connectivity index (χ2n) is 4.80. The summed E-state index contributed by atoms with van der Waals surface area (Å²) in [6, 6.07) is 6.35. The highest BCUT2D eigenvalue weighted by molar-refractivity contribution is 5.78. The van der Waals surface area contributed by atoms with Gasteiger partial charge in [0.15, 0.2) is 0 Å². The molecule has 3 heteroatoms. The summed E-state index contributed by atoms with van der Waals surface area (Å²) in [5, 5.41) is 0. The molecule has 0 saturated carbocycles. The fourth-order valence-corrected chi connectivity index (χ4v) is 2.00. The van der Waals surface area contributed by atoms with Gasteiger partial charge in [-0.3, -0.25) is 4.79 Å². The zero-order valence-electron chi connectivity index (χ0n) is 11.7. The Morgan fingerprint density at radius 1 is 1.33 bits per heavy atom. The van der Waals surface area contributed by atoms with Gasteiger partial charge in [-0.25, -0.2) is 0 Å². The third-order valence-corrected chi connectivity index (χ3v) is 3.17. The Morgan fingerprint density at radius 2 is 2.06 bits per heavy atom. The highest BCUT2D eigenvalue weighted by atomic mass is 16.2. The Labute approximate surface area is 110 Å². The number of hydrogen-bond acceptors (Lipinski definition) is 2. The molecular weight excluding hydrogens is 224 g/mol. The van der Waals surface area contributed by atoms with E-state index < -0.39 is 0 Å². The normalized spacial score (nSPS) is 10.4. The van der Waals surface area contributed by atoms with Gasteiger partial charge in [0, 0.05) is 13.1 Å². The lowest BCUT2D eigenvalue weighted by molar-refractivity contribution is -0.130. The first-order chi connectivity index (χ1) is 8.58. The van der Waals surface area contributed by atoms with E-state index in [1.54, 1.807) is 0 Å². The molecule has 1 aromatic carbocycles. The fraction of sp³-hybridized carbons (Fsp3) is 0.533. The molecule has 0 aliphatic carbocycles. The molecule has 0 radical (unpaired) electrons. The summed E-state index contributed by atoms with van der Waals surface area (Å²) in [6.07, 6.45) is 2.11. The first-order valence-corrected chi connectivity index (χ1v) is 6.62. The molecule has 1 amide bonds. The van der Waals surface area contributed by atoms with E-state index in [4.69, 9.17) is 5.73 Å². The van der Waals surface area contributed by atoms with Crippen molar-refractivity contribution >= 4 is 5.91 Å². The van der Waals surface area contributed by atoms with Crippen LogP contribution in [0.2, 0.25) is 0 Å². The molecule has 0 atom stereocenters. The summed E-state index contributed by atoms with van der Waals surface area (Å²) in [5.74, 6) is 0.0309. The lowest BCUT2D eigenvalue weighted by Crippen LogP contribution is -2.36. The van der Waals surface area contributed by atoms with Crippen molar-refractivity contribution in [1.82, 2.24) is 4.90 Å². The van der Waals surface area contributed by atoms with Crippen LogP contribution in [0.3, 0.4) is 0 Å². The topological polar surface area (TPSA) is 46.3 Å². The van der Waals surface area contributed by atoms with Crippen molar-refractivity contribution in [3.8, 4) is 0 Å². The van der Waals surface area contributed by atoms with Crippen LogP contribution in [0.25, 0.3) is 0 Å². The van der Waals surface area contributed by atoms with Crippen molar-refractivity contribution in [2.24, 2.45) is 5.73 Å². The summed E-state index contributed by atoms with van der Waals surface area (Å²) in [4.78, 5) is 13.7. The molecular formula is C15H24N2O. The third-order valence-electron chi connectivity index (χ3n) is 3.17. The van der Waals surface area contributed by atoms with Crippen LogP contribution in [0.15, 0.2) is 18.2 Å². The summed E-state index contributed by atoms with van der Waals surface area (Å²) >= 11 is 0. The molecule has 0 unspecified atom stereocenters. The number of nitrogens with zero attached hydrogens (tertiary/aromatic N) is 1. The maximum Gasteiger partial charge on any atom is 0.236 e. The van der Waals surface area contributed by atoms with E-state index in [9.17, 15) is 4.79 Å². The largest absolute Gasteiger partial charge is 0.337 e. The van der Waals surface area contributed by atoms with Crippen molar-refractivity contribution < 1.29 is 4.79 Å². The van der Waals surface area contributed by atoms with E-state index in [0.29, 0.717) is 6.54 Å². The van der Waals surface area contributed by atoms with E-state index in [1.165, 1.54) is 16.7 Å². The van der Waals surface area contributed by atoms with Gasteiger partial charge < -0.3 is 10.6 Å². The van der Waals surface area contributed by atoms with Crippen LogP contribution in [0.1, 0.15) is 36.5 Å². The predicted octanol–water partition coefficient (Wildman–Crippen LogP) is 2.39. The molecule has 0 fully saturated rings. The number of benzene rings is 1. The van der Waals surface area contributed by atoms with Gasteiger partial charge in [0.25, 0.3) is 0 Å². The van der Waals surface area contributed by atoms with Crippen LogP contribution < -0.4 is 5.73 Å². The Kier molecular flexibility index (Phi) is 5.86. The minimum absolute atomic E-state index is 0.0309. The van der Waals surface area contributed by atoms with Gasteiger partial charge in [-0.15, -0.1) is 0 Å². The van der Waals surface area contributed by atoms with Crippen molar-refractivity contribution in [1.29, 1.82) is 0 Å². The molecule has 2 N–H and O–H groups in total. The van der Waals surface area contributed by atoms with Crippen molar-refractivity contribution in [3.63, 3.8) is 0 Å². The zero-order chi connectivity index (χ0) is 13.5. The number of hydrogen-bond donors (Lipinski definition) is 1. The molecule has 3 nitrogen and oxygen atoms in total. The first kappa shape index (κ1) is 14.7. The average molecular weight is 248 g/mol. The van der Waals surface area contributed by atoms with Crippen LogP contribution in [0, 0.1) is 13.8 Å². The van der Waals surface area contributed by atoms with E-state index in [-0.39, 0.29) is 12.5 Å². The number of carbonyl (C=O) groups excluding carboxylic acids is 1. The first-order valence-electron chi connectivity index (χ1n) is 6.62. The SMILES string of the molecule is CCCCN(Cc1ccc(C)cc1C)C(=O)CN. The maximum absolute atomic E-state index is 11.8. The van der Waals surface area contributed by atoms with E-state index in [1.807, 2.05) is 4.90 Å². The number of nitrogens with two attached hydrogens (primary N) is 1. The van der Waals surface area contributed by atoms with Gasteiger partial charge in [-0.1, -0.05) is 37.1 Å². The third kappa shape index (κ3) is 4.15. The van der Waals surface area contributed by atoms with Crippen LogP contribution in [0.4, 0.5) is 0 Å². The summed E-state index contributed by atoms with van der Waals surface area (Å²) in [5.41, 5.74) is 9.16. The maximum atomic E-state index is 11.8. The Balaban J connectivity index is 2.78. The van der Waals surface area contributed by atoms with E-state index in [2.05, 4.69) is 39.0 Å². The number of rotatable bonds is 6. The smallest absolute Gasteiger partial charge is 0.236 e. The highest BCUT2D eigenvalue weighted by Crippen LogP contribution is 2.13. The zero-order valence-corrected chi connectivity index (χ0v) is 11.7. The molecule has 0 bridgehead atoms. The molecule has 0 aromatic heterocycles. The molecule has 1 aromatic rings. The number of aryl methyl sites for hydroxylation is 2. The summed E-state index contributed by atoms with van der Waals surface area (Å²) in [7, 11) is 0. The van der Waals surface area contributed by atoms with Gasteiger partial charge in [-0.05, 0) is 31.4 Å². The van der Waals surface area contributed by atoms with Crippen LogP contribution in [-0.2, 0) is 11.3 Å².